The zero-order valence-corrected chi connectivity index (χ0v) is 8.82. The molecule has 1 aliphatic rings. The van der Waals surface area contributed by atoms with Crippen LogP contribution in [-0.4, -0.2) is 38.0 Å². The van der Waals surface area contributed by atoms with Gasteiger partial charge in [-0.05, 0) is 17.8 Å². The van der Waals surface area contributed by atoms with Gasteiger partial charge in [0.25, 0.3) is 0 Å². The van der Waals surface area contributed by atoms with Crippen LogP contribution in [0.1, 0.15) is 12.8 Å². The zero-order valence-electron chi connectivity index (χ0n) is 8.82. The Balaban J connectivity index is 2.33. The average Bonchev–Trinajstić information content (AvgIpc) is 2.15. The molecule has 0 radical (unpaired) electrons. The lowest BCUT2D eigenvalue weighted by Gasteiger charge is -2.19. The third kappa shape index (κ3) is 3.75. The molecule has 0 N–H and O–H groups in total. The standard InChI is InChI=1S/C11H17NO2/c1-12-6-3-4-10(9-12)8-11(13)5-7-14-2/h3-4,6H,5,7-9H2,1-2H3. The Morgan fingerprint density at radius 3 is 3.07 bits per heavy atom. The first-order chi connectivity index (χ1) is 6.72. The first kappa shape index (κ1) is 11.0. The maximum atomic E-state index is 11.4. The van der Waals surface area contributed by atoms with Crippen LogP contribution in [0.5, 0.6) is 0 Å². The summed E-state index contributed by atoms with van der Waals surface area (Å²) in [6.07, 6.45) is 7.07. The lowest BCUT2D eigenvalue weighted by atomic mass is 10.1. The maximum Gasteiger partial charge on any atom is 0.139 e. The zero-order chi connectivity index (χ0) is 10.4. The van der Waals surface area contributed by atoms with E-state index in [0.717, 1.165) is 6.54 Å². The molecule has 3 nitrogen and oxygen atoms in total. The third-order valence-corrected chi connectivity index (χ3v) is 2.13. The van der Waals surface area contributed by atoms with Crippen LogP contribution in [0.3, 0.4) is 0 Å². The minimum Gasteiger partial charge on any atom is -0.384 e. The van der Waals surface area contributed by atoms with Gasteiger partial charge >= 0.3 is 0 Å². The van der Waals surface area contributed by atoms with Gasteiger partial charge in [-0.15, -0.1) is 0 Å². The number of ether oxygens (including phenoxy) is 1. The van der Waals surface area contributed by atoms with E-state index in [9.17, 15) is 4.79 Å². The molecule has 0 aromatic carbocycles. The number of hydrogen-bond donors (Lipinski definition) is 0. The van der Waals surface area contributed by atoms with Crippen molar-refractivity contribution in [2.75, 3.05) is 27.3 Å². The molecule has 0 unspecified atom stereocenters. The van der Waals surface area contributed by atoms with E-state index in [0.29, 0.717) is 19.4 Å². The SMILES string of the molecule is COCCC(=O)CC1=CC=CN(C)C1. The van der Waals surface area contributed by atoms with Crippen molar-refractivity contribution >= 4 is 5.78 Å². The molecule has 0 spiro atoms. The highest BCUT2D eigenvalue weighted by Gasteiger charge is 2.08. The van der Waals surface area contributed by atoms with Gasteiger partial charge in [0.15, 0.2) is 0 Å². The van der Waals surface area contributed by atoms with Crippen molar-refractivity contribution in [2.45, 2.75) is 12.8 Å². The van der Waals surface area contributed by atoms with E-state index in [1.807, 2.05) is 25.4 Å². The smallest absolute Gasteiger partial charge is 0.139 e. The van der Waals surface area contributed by atoms with E-state index >= 15 is 0 Å². The molecule has 14 heavy (non-hydrogen) atoms. The van der Waals surface area contributed by atoms with Crippen molar-refractivity contribution in [3.63, 3.8) is 0 Å². The molecular weight excluding hydrogens is 178 g/mol. The molecule has 0 fully saturated rings. The molecule has 1 heterocycles. The number of hydrogen-bond acceptors (Lipinski definition) is 3. The van der Waals surface area contributed by atoms with Crippen LogP contribution in [-0.2, 0) is 9.53 Å². The Hall–Kier alpha value is -1.09. The lowest BCUT2D eigenvalue weighted by Crippen LogP contribution is -2.18. The summed E-state index contributed by atoms with van der Waals surface area (Å²) >= 11 is 0. The molecule has 0 saturated carbocycles. The van der Waals surface area contributed by atoms with Crippen LogP contribution in [0.15, 0.2) is 23.9 Å². The van der Waals surface area contributed by atoms with Gasteiger partial charge in [-0.2, -0.15) is 0 Å². The summed E-state index contributed by atoms with van der Waals surface area (Å²) in [6, 6.07) is 0. The van der Waals surface area contributed by atoms with Gasteiger partial charge in [-0.1, -0.05) is 6.08 Å². The fourth-order valence-corrected chi connectivity index (χ4v) is 1.42. The van der Waals surface area contributed by atoms with Gasteiger partial charge < -0.3 is 9.64 Å². The van der Waals surface area contributed by atoms with Crippen LogP contribution >= 0.6 is 0 Å². The van der Waals surface area contributed by atoms with Crippen LogP contribution in [0, 0.1) is 0 Å². The fraction of sp³-hybridized carbons (Fsp3) is 0.545. The summed E-state index contributed by atoms with van der Waals surface area (Å²) < 4.78 is 4.86. The van der Waals surface area contributed by atoms with Gasteiger partial charge in [0, 0.05) is 33.5 Å². The summed E-state index contributed by atoms with van der Waals surface area (Å²) in [4.78, 5) is 13.5. The third-order valence-electron chi connectivity index (χ3n) is 2.13. The fourth-order valence-electron chi connectivity index (χ4n) is 1.42. The van der Waals surface area contributed by atoms with Gasteiger partial charge in [0.2, 0.25) is 0 Å². The Labute approximate surface area is 85.0 Å². The molecular formula is C11H17NO2. The Morgan fingerprint density at radius 1 is 1.64 bits per heavy atom. The highest BCUT2D eigenvalue weighted by atomic mass is 16.5. The molecule has 0 aromatic rings. The second-order valence-corrected chi connectivity index (χ2v) is 3.54. The molecule has 78 valence electrons. The van der Waals surface area contributed by atoms with Gasteiger partial charge in [-0.3, -0.25) is 4.79 Å². The van der Waals surface area contributed by atoms with Crippen molar-refractivity contribution in [3.05, 3.63) is 23.9 Å². The minimum absolute atomic E-state index is 0.252. The summed E-state index contributed by atoms with van der Waals surface area (Å²) in [5.74, 6) is 0.252. The van der Waals surface area contributed by atoms with Crippen molar-refractivity contribution < 1.29 is 9.53 Å². The monoisotopic (exact) mass is 195 g/mol. The Bertz CT molecular complexity index is 256. The minimum atomic E-state index is 0.252. The number of likely N-dealkylation sites (N-methyl/N-ethyl adjacent to an activating group) is 1. The van der Waals surface area contributed by atoms with E-state index < -0.39 is 0 Å². The first-order valence-electron chi connectivity index (χ1n) is 4.79. The van der Waals surface area contributed by atoms with Crippen molar-refractivity contribution in [2.24, 2.45) is 0 Å². The first-order valence-corrected chi connectivity index (χ1v) is 4.79. The second-order valence-electron chi connectivity index (χ2n) is 3.54. The number of ketones is 1. The number of nitrogens with zero attached hydrogens (tertiary/aromatic N) is 1. The van der Waals surface area contributed by atoms with E-state index in [2.05, 4.69) is 4.90 Å². The van der Waals surface area contributed by atoms with Crippen LogP contribution in [0.25, 0.3) is 0 Å². The molecule has 0 bridgehead atoms. The summed E-state index contributed by atoms with van der Waals surface area (Å²) in [6.45, 7) is 1.38. The Morgan fingerprint density at radius 2 is 2.43 bits per heavy atom. The largest absolute Gasteiger partial charge is 0.384 e. The molecule has 1 aliphatic heterocycles. The van der Waals surface area contributed by atoms with Crippen LogP contribution < -0.4 is 0 Å². The summed E-state index contributed by atoms with van der Waals surface area (Å²) in [5, 5.41) is 0. The highest BCUT2D eigenvalue weighted by Crippen LogP contribution is 2.10. The predicted octanol–water partition coefficient (Wildman–Crippen LogP) is 1.37. The van der Waals surface area contributed by atoms with Crippen LogP contribution in [0.4, 0.5) is 0 Å². The van der Waals surface area contributed by atoms with E-state index in [1.54, 1.807) is 7.11 Å². The molecule has 1 rings (SSSR count). The normalized spacial score (nSPS) is 15.6. The van der Waals surface area contributed by atoms with Gasteiger partial charge in [0.1, 0.15) is 5.78 Å². The lowest BCUT2D eigenvalue weighted by molar-refractivity contribution is -0.119. The molecule has 3 heteroatoms. The van der Waals surface area contributed by atoms with Crippen LogP contribution in [0.2, 0.25) is 0 Å². The molecule has 0 atom stereocenters. The highest BCUT2D eigenvalue weighted by molar-refractivity contribution is 5.81. The van der Waals surface area contributed by atoms with Gasteiger partial charge in [0.05, 0.1) is 6.61 Å². The molecule has 0 amide bonds. The molecule has 0 saturated heterocycles. The quantitative estimate of drug-likeness (QED) is 0.663. The maximum absolute atomic E-state index is 11.4. The van der Waals surface area contributed by atoms with Gasteiger partial charge in [-0.25, -0.2) is 0 Å². The topological polar surface area (TPSA) is 29.5 Å². The second kappa shape index (κ2) is 5.60. The summed E-state index contributed by atoms with van der Waals surface area (Å²) in [5.41, 5.74) is 1.18. The number of Topliss-reactive ketones (excluding diaryl/α,β-unsaturated/α-hetero) is 1. The number of carbonyl (C=O) groups excluding carboxylic acids is 1. The van der Waals surface area contributed by atoms with E-state index in [-0.39, 0.29) is 5.78 Å². The van der Waals surface area contributed by atoms with E-state index in [1.165, 1.54) is 5.57 Å². The molecule has 0 aromatic heterocycles. The van der Waals surface area contributed by atoms with Crippen molar-refractivity contribution in [1.29, 1.82) is 0 Å². The Kier molecular flexibility index (Phi) is 4.40. The number of allylic oxidation sites excluding steroid dienone is 2. The number of rotatable bonds is 5. The number of methoxy groups -OCH3 is 1. The van der Waals surface area contributed by atoms with Crippen molar-refractivity contribution in [3.8, 4) is 0 Å². The summed E-state index contributed by atoms with van der Waals surface area (Å²) in [7, 11) is 3.62. The number of carbonyl (C=O) groups is 1. The molecule has 0 aliphatic carbocycles. The average molecular weight is 195 g/mol. The van der Waals surface area contributed by atoms with Crippen molar-refractivity contribution in [1.82, 2.24) is 4.90 Å². The predicted molar refractivity (Wildman–Crippen MR) is 56.0 cm³/mol. The van der Waals surface area contributed by atoms with E-state index in [4.69, 9.17) is 4.74 Å².